The molecule has 0 saturated heterocycles. The highest BCUT2D eigenvalue weighted by atomic mass is 16.2. The molecule has 0 bridgehead atoms. The van der Waals surface area contributed by atoms with Crippen molar-refractivity contribution in [3.8, 4) is 0 Å². The van der Waals surface area contributed by atoms with Gasteiger partial charge in [0.15, 0.2) is 11.6 Å². The Balaban J connectivity index is 2.00. The monoisotopic (exact) mass is 396 g/mol. The van der Waals surface area contributed by atoms with Crippen molar-refractivity contribution >= 4 is 67.1 Å². The van der Waals surface area contributed by atoms with Gasteiger partial charge in [-0.2, -0.15) is 0 Å². The molecule has 5 aromatic rings. The van der Waals surface area contributed by atoms with E-state index in [0.29, 0.717) is 22.1 Å². The SMILES string of the molecule is CC(=O)Nc1nnc(NC(C)=O)c2nc3c4ccccc4c4ccccc4c3nc12. The molecule has 0 aliphatic rings. The molecule has 0 fully saturated rings. The van der Waals surface area contributed by atoms with E-state index in [2.05, 4.69) is 20.8 Å². The second-order valence-electron chi connectivity index (χ2n) is 6.97. The van der Waals surface area contributed by atoms with Crippen LogP contribution in [-0.2, 0) is 9.59 Å². The van der Waals surface area contributed by atoms with E-state index < -0.39 is 0 Å². The summed E-state index contributed by atoms with van der Waals surface area (Å²) in [7, 11) is 0. The van der Waals surface area contributed by atoms with Crippen LogP contribution in [0.1, 0.15) is 13.8 Å². The molecule has 8 heteroatoms. The number of amides is 2. The Morgan fingerprint density at radius 1 is 0.600 bits per heavy atom. The highest BCUT2D eigenvalue weighted by Gasteiger charge is 2.18. The lowest BCUT2D eigenvalue weighted by molar-refractivity contribution is -0.115. The number of nitrogens with one attached hydrogen (secondary N) is 2. The fourth-order valence-electron chi connectivity index (χ4n) is 3.69. The molecule has 0 aliphatic carbocycles. The van der Waals surface area contributed by atoms with E-state index in [0.717, 1.165) is 21.5 Å². The minimum Gasteiger partial charge on any atom is -0.308 e. The lowest BCUT2D eigenvalue weighted by atomic mass is 9.99. The molecular formula is C22H16N6O2. The molecule has 30 heavy (non-hydrogen) atoms. The number of fused-ring (bicyclic) bond motifs is 7. The molecule has 2 N–H and O–H groups in total. The average molecular weight is 396 g/mol. The number of benzene rings is 3. The van der Waals surface area contributed by atoms with Crippen LogP contribution in [0.15, 0.2) is 48.5 Å². The molecule has 8 nitrogen and oxygen atoms in total. The van der Waals surface area contributed by atoms with E-state index in [4.69, 9.17) is 9.97 Å². The average Bonchev–Trinajstić information content (AvgIpc) is 2.74. The van der Waals surface area contributed by atoms with Crippen LogP contribution < -0.4 is 10.6 Å². The number of nitrogens with zero attached hydrogens (tertiary/aromatic N) is 4. The molecule has 0 atom stereocenters. The standard InChI is InChI=1S/C22H16N6O2/c1-11(29)23-21-19-20(22(28-27-21)24-12(2)30)26-18-16-10-6-4-8-14(16)13-7-3-5-9-15(13)17(18)25-19/h3-10H,1-2H3,(H,23,27,29)(H,24,28,30). The minimum atomic E-state index is -0.303. The number of carbonyl (C=O) groups excluding carboxylic acids is 2. The number of carbonyl (C=O) groups is 2. The van der Waals surface area contributed by atoms with Gasteiger partial charge in [0.05, 0.1) is 11.0 Å². The van der Waals surface area contributed by atoms with Gasteiger partial charge in [-0.25, -0.2) is 9.97 Å². The molecule has 2 heterocycles. The number of rotatable bonds is 2. The molecule has 0 spiro atoms. The predicted octanol–water partition coefficient (Wildman–Crippen LogP) is 3.80. The van der Waals surface area contributed by atoms with Crippen molar-refractivity contribution in [3.05, 3.63) is 48.5 Å². The van der Waals surface area contributed by atoms with E-state index in [9.17, 15) is 9.59 Å². The maximum absolute atomic E-state index is 11.7. The van der Waals surface area contributed by atoms with Gasteiger partial charge in [-0.05, 0) is 10.8 Å². The van der Waals surface area contributed by atoms with Crippen LogP contribution in [0.2, 0.25) is 0 Å². The van der Waals surface area contributed by atoms with Crippen LogP contribution in [0.3, 0.4) is 0 Å². The number of aromatic nitrogens is 4. The predicted molar refractivity (Wildman–Crippen MR) is 116 cm³/mol. The summed E-state index contributed by atoms with van der Waals surface area (Å²) in [6.45, 7) is 2.76. The summed E-state index contributed by atoms with van der Waals surface area (Å²) >= 11 is 0. The Morgan fingerprint density at radius 3 is 1.33 bits per heavy atom. The van der Waals surface area contributed by atoms with Gasteiger partial charge in [0.2, 0.25) is 11.8 Å². The Kier molecular flexibility index (Phi) is 3.99. The third-order valence-corrected chi connectivity index (χ3v) is 4.84. The van der Waals surface area contributed by atoms with Crippen molar-refractivity contribution in [3.63, 3.8) is 0 Å². The van der Waals surface area contributed by atoms with E-state index in [1.54, 1.807) is 0 Å². The van der Waals surface area contributed by atoms with Crippen LogP contribution in [0.4, 0.5) is 11.6 Å². The van der Waals surface area contributed by atoms with Crippen molar-refractivity contribution in [1.29, 1.82) is 0 Å². The summed E-state index contributed by atoms with van der Waals surface area (Å²) in [6, 6.07) is 15.9. The van der Waals surface area contributed by atoms with E-state index >= 15 is 0 Å². The molecule has 0 unspecified atom stereocenters. The fourth-order valence-corrected chi connectivity index (χ4v) is 3.69. The molecule has 146 valence electrons. The van der Waals surface area contributed by atoms with Crippen LogP contribution in [-0.4, -0.2) is 32.0 Å². The highest BCUT2D eigenvalue weighted by molar-refractivity contribution is 6.24. The summed E-state index contributed by atoms with van der Waals surface area (Å²) in [5, 5.41) is 17.4. The van der Waals surface area contributed by atoms with E-state index in [1.165, 1.54) is 13.8 Å². The number of hydrogen-bond donors (Lipinski definition) is 2. The van der Waals surface area contributed by atoms with Gasteiger partial charge in [-0.15, -0.1) is 10.2 Å². The van der Waals surface area contributed by atoms with E-state index in [1.807, 2.05) is 48.5 Å². The normalized spacial score (nSPS) is 11.3. The van der Waals surface area contributed by atoms with Gasteiger partial charge >= 0.3 is 0 Å². The lowest BCUT2D eigenvalue weighted by Crippen LogP contribution is -2.14. The molecule has 2 aromatic heterocycles. The summed E-state index contributed by atoms with van der Waals surface area (Å²) in [6.07, 6.45) is 0. The Hall–Kier alpha value is -4.20. The van der Waals surface area contributed by atoms with Crippen LogP contribution in [0, 0.1) is 0 Å². The second kappa shape index (κ2) is 6.70. The van der Waals surface area contributed by atoms with Crippen LogP contribution in [0.25, 0.3) is 43.6 Å². The third-order valence-electron chi connectivity index (χ3n) is 4.84. The summed E-state index contributed by atoms with van der Waals surface area (Å²) in [4.78, 5) is 33.0. The molecule has 0 radical (unpaired) electrons. The quantitative estimate of drug-likeness (QED) is 0.347. The fraction of sp³-hybridized carbons (Fsp3) is 0.0909. The highest BCUT2D eigenvalue weighted by Crippen LogP contribution is 2.35. The Bertz CT molecular complexity index is 1400. The first kappa shape index (κ1) is 17.9. The Morgan fingerprint density at radius 2 is 0.967 bits per heavy atom. The lowest BCUT2D eigenvalue weighted by Gasteiger charge is -2.13. The van der Waals surface area contributed by atoms with Crippen LogP contribution >= 0.6 is 0 Å². The van der Waals surface area contributed by atoms with Gasteiger partial charge in [-0.3, -0.25) is 9.59 Å². The van der Waals surface area contributed by atoms with E-state index in [-0.39, 0.29) is 23.5 Å². The Labute approximate surface area is 170 Å². The van der Waals surface area contributed by atoms with Gasteiger partial charge in [0.1, 0.15) is 11.0 Å². The first-order chi connectivity index (χ1) is 14.5. The van der Waals surface area contributed by atoms with Gasteiger partial charge in [0.25, 0.3) is 0 Å². The summed E-state index contributed by atoms with van der Waals surface area (Å²) in [5.74, 6) is -0.220. The minimum absolute atomic E-state index is 0.193. The molecular weight excluding hydrogens is 380 g/mol. The number of anilines is 2. The molecule has 2 amide bonds. The topological polar surface area (TPSA) is 110 Å². The van der Waals surface area contributed by atoms with Crippen molar-refractivity contribution in [1.82, 2.24) is 20.2 Å². The third kappa shape index (κ3) is 2.77. The zero-order valence-corrected chi connectivity index (χ0v) is 16.2. The van der Waals surface area contributed by atoms with Crippen molar-refractivity contribution in [2.24, 2.45) is 0 Å². The van der Waals surface area contributed by atoms with Gasteiger partial charge in [0, 0.05) is 24.6 Å². The first-order valence-electron chi connectivity index (χ1n) is 9.35. The zero-order valence-electron chi connectivity index (χ0n) is 16.2. The molecule has 5 rings (SSSR count). The van der Waals surface area contributed by atoms with Crippen molar-refractivity contribution in [2.75, 3.05) is 10.6 Å². The smallest absolute Gasteiger partial charge is 0.222 e. The number of hydrogen-bond acceptors (Lipinski definition) is 6. The maximum atomic E-state index is 11.7. The van der Waals surface area contributed by atoms with Crippen molar-refractivity contribution < 1.29 is 9.59 Å². The summed E-state index contributed by atoms with van der Waals surface area (Å²) in [5.41, 5.74) is 2.09. The molecule has 0 saturated carbocycles. The molecule has 3 aromatic carbocycles. The van der Waals surface area contributed by atoms with Crippen LogP contribution in [0.5, 0.6) is 0 Å². The van der Waals surface area contributed by atoms with Gasteiger partial charge in [-0.1, -0.05) is 48.5 Å². The largest absolute Gasteiger partial charge is 0.308 e. The second-order valence-corrected chi connectivity index (χ2v) is 6.97. The first-order valence-corrected chi connectivity index (χ1v) is 9.35. The molecule has 0 aliphatic heterocycles. The van der Waals surface area contributed by atoms with Gasteiger partial charge < -0.3 is 10.6 Å². The maximum Gasteiger partial charge on any atom is 0.222 e. The zero-order chi connectivity index (χ0) is 20.8. The van der Waals surface area contributed by atoms with Crippen molar-refractivity contribution in [2.45, 2.75) is 13.8 Å². The summed E-state index contributed by atoms with van der Waals surface area (Å²) < 4.78 is 0.